The fourth-order valence-corrected chi connectivity index (χ4v) is 7.56. The molecule has 0 aromatic rings. The molecule has 0 bridgehead atoms. The molecule has 392 valence electrons. The predicted octanol–water partition coefficient (Wildman–Crippen LogP) is 19.1. The van der Waals surface area contributed by atoms with Crippen LogP contribution in [0, 0.1) is 0 Å². The van der Waals surface area contributed by atoms with E-state index in [9.17, 15) is 14.4 Å². The lowest BCUT2D eigenvalue weighted by Gasteiger charge is -2.18. The topological polar surface area (TPSA) is 78.9 Å². The van der Waals surface area contributed by atoms with Crippen LogP contribution in [0.5, 0.6) is 0 Å². The summed E-state index contributed by atoms with van der Waals surface area (Å²) in [6.45, 7) is 6.37. The van der Waals surface area contributed by atoms with Crippen LogP contribution in [0.1, 0.15) is 252 Å². The van der Waals surface area contributed by atoms with Crippen LogP contribution in [0.15, 0.2) is 109 Å². The highest BCUT2D eigenvalue weighted by molar-refractivity contribution is 5.71. The summed E-state index contributed by atoms with van der Waals surface area (Å²) >= 11 is 0. The number of carbonyl (C=O) groups is 3. The number of carbonyl (C=O) groups excluding carboxylic acids is 3. The molecule has 0 aliphatic carbocycles. The van der Waals surface area contributed by atoms with Crippen LogP contribution in [-0.2, 0) is 28.6 Å². The lowest BCUT2D eigenvalue weighted by atomic mass is 10.1. The van der Waals surface area contributed by atoms with E-state index >= 15 is 0 Å². The Hall–Kier alpha value is -3.93. The summed E-state index contributed by atoms with van der Waals surface area (Å²) < 4.78 is 16.8. The van der Waals surface area contributed by atoms with Crippen molar-refractivity contribution in [1.82, 2.24) is 0 Å². The molecule has 0 amide bonds. The van der Waals surface area contributed by atoms with Gasteiger partial charge in [0.2, 0.25) is 0 Å². The second-order valence-corrected chi connectivity index (χ2v) is 18.5. The van der Waals surface area contributed by atoms with Crippen molar-refractivity contribution in [1.29, 1.82) is 0 Å². The van der Waals surface area contributed by atoms with Crippen molar-refractivity contribution in [2.45, 2.75) is 258 Å². The molecule has 0 saturated heterocycles. The molecule has 0 heterocycles. The van der Waals surface area contributed by atoms with Crippen molar-refractivity contribution in [2.75, 3.05) is 13.2 Å². The first kappa shape index (κ1) is 65.1. The van der Waals surface area contributed by atoms with E-state index in [4.69, 9.17) is 14.2 Å². The first-order valence-corrected chi connectivity index (χ1v) is 28.4. The van der Waals surface area contributed by atoms with E-state index in [1.165, 1.54) is 77.0 Å². The number of unbranched alkanes of at least 4 members (excludes halogenated alkanes) is 22. The molecule has 0 saturated carbocycles. The third-order valence-corrected chi connectivity index (χ3v) is 11.8. The first-order chi connectivity index (χ1) is 34.0. The molecule has 0 N–H and O–H groups in total. The molecular weight excluding hydrogens is 853 g/mol. The van der Waals surface area contributed by atoms with Crippen LogP contribution in [0.25, 0.3) is 0 Å². The molecule has 0 aromatic carbocycles. The van der Waals surface area contributed by atoms with Gasteiger partial charge < -0.3 is 14.2 Å². The van der Waals surface area contributed by atoms with E-state index in [1.807, 2.05) is 0 Å². The molecule has 0 aliphatic heterocycles. The summed E-state index contributed by atoms with van der Waals surface area (Å²) in [6, 6.07) is 0. The lowest BCUT2D eigenvalue weighted by molar-refractivity contribution is -0.167. The molecule has 0 spiro atoms. The standard InChI is InChI=1S/C63H104O6/c1-4-7-10-13-16-19-22-25-28-30-32-34-35-38-41-44-47-50-53-56-62(65)68-59-60(58-67-61(64)55-52-49-46-43-40-37-27-24-21-18-15-12-9-6-3)69-63(66)57-54-51-48-45-42-39-36-33-31-29-26-23-20-17-14-11-8-5-2/h7,9-10,12,16,18-19,21,25,28-29,31-34,36,38,41,60H,4-6,8,11,13-15,17,20,22-24,26-27,30,35,37,39-40,42-59H2,1-3H3/b10-7-,12-9-,19-16-,21-18-,28-25-,31-29-,34-32-,36-33-,41-38-. The fraction of sp³-hybridized carbons (Fsp3) is 0.667. The summed E-state index contributed by atoms with van der Waals surface area (Å²) in [5, 5.41) is 0. The molecule has 6 nitrogen and oxygen atoms in total. The van der Waals surface area contributed by atoms with Crippen LogP contribution in [0.2, 0.25) is 0 Å². The number of rotatable bonds is 50. The van der Waals surface area contributed by atoms with E-state index in [0.29, 0.717) is 19.3 Å². The highest BCUT2D eigenvalue weighted by Crippen LogP contribution is 2.14. The minimum absolute atomic E-state index is 0.101. The monoisotopic (exact) mass is 957 g/mol. The summed E-state index contributed by atoms with van der Waals surface area (Å²) in [4.78, 5) is 38.1. The Bertz CT molecular complexity index is 1420. The Morgan fingerprint density at radius 3 is 0.986 bits per heavy atom. The third-order valence-electron chi connectivity index (χ3n) is 11.8. The third kappa shape index (κ3) is 54.9. The van der Waals surface area contributed by atoms with Crippen LogP contribution in [-0.4, -0.2) is 37.2 Å². The molecule has 6 heteroatoms. The zero-order valence-corrected chi connectivity index (χ0v) is 44.8. The molecule has 69 heavy (non-hydrogen) atoms. The van der Waals surface area contributed by atoms with Crippen LogP contribution < -0.4 is 0 Å². The number of hydrogen-bond acceptors (Lipinski definition) is 6. The van der Waals surface area contributed by atoms with Gasteiger partial charge in [0.1, 0.15) is 13.2 Å². The average molecular weight is 958 g/mol. The molecular formula is C63H104O6. The largest absolute Gasteiger partial charge is 0.462 e. The number of allylic oxidation sites excluding steroid dienone is 18. The number of esters is 3. The zero-order chi connectivity index (χ0) is 50.0. The fourth-order valence-electron chi connectivity index (χ4n) is 7.56. The van der Waals surface area contributed by atoms with Gasteiger partial charge in [-0.05, 0) is 116 Å². The molecule has 0 aliphatic rings. The van der Waals surface area contributed by atoms with Crippen LogP contribution in [0.4, 0.5) is 0 Å². The highest BCUT2D eigenvalue weighted by Gasteiger charge is 2.19. The summed E-state index contributed by atoms with van der Waals surface area (Å²) in [7, 11) is 0. The van der Waals surface area contributed by atoms with Gasteiger partial charge in [0, 0.05) is 19.3 Å². The van der Waals surface area contributed by atoms with Gasteiger partial charge in [-0.2, -0.15) is 0 Å². The predicted molar refractivity (Wildman–Crippen MR) is 297 cm³/mol. The quantitative estimate of drug-likeness (QED) is 0.0199. The van der Waals surface area contributed by atoms with Crippen molar-refractivity contribution in [3.8, 4) is 0 Å². The Labute approximate surface area is 425 Å². The maximum atomic E-state index is 12.9. The van der Waals surface area contributed by atoms with Crippen LogP contribution >= 0.6 is 0 Å². The van der Waals surface area contributed by atoms with E-state index in [2.05, 4.69) is 130 Å². The molecule has 0 aromatic heterocycles. The van der Waals surface area contributed by atoms with Crippen molar-refractivity contribution >= 4 is 17.9 Å². The Morgan fingerprint density at radius 2 is 0.609 bits per heavy atom. The molecule has 0 rings (SSSR count). The highest BCUT2D eigenvalue weighted by atomic mass is 16.6. The van der Waals surface area contributed by atoms with Gasteiger partial charge in [0.05, 0.1) is 0 Å². The van der Waals surface area contributed by atoms with Gasteiger partial charge in [-0.25, -0.2) is 0 Å². The van der Waals surface area contributed by atoms with Crippen molar-refractivity contribution in [3.05, 3.63) is 109 Å². The number of hydrogen-bond donors (Lipinski definition) is 0. The SMILES string of the molecule is CC/C=C\C/C=C\C/C=C\C/C=C\C/C=C\CCCCCC(=O)OCC(COC(=O)CCCCCCCCC/C=C\C/C=C\CC)OC(=O)CCCCCCC/C=C\C=C/CCCCCCCCC. The summed E-state index contributed by atoms with van der Waals surface area (Å²) in [5.74, 6) is -0.957. The maximum Gasteiger partial charge on any atom is 0.306 e. The molecule has 0 radical (unpaired) electrons. The summed E-state index contributed by atoms with van der Waals surface area (Å²) in [5.41, 5.74) is 0. The van der Waals surface area contributed by atoms with Gasteiger partial charge in [0.15, 0.2) is 6.10 Å². The van der Waals surface area contributed by atoms with E-state index in [1.54, 1.807) is 0 Å². The zero-order valence-electron chi connectivity index (χ0n) is 44.8. The maximum absolute atomic E-state index is 12.9. The molecule has 1 atom stereocenters. The average Bonchev–Trinajstić information content (AvgIpc) is 3.35. The van der Waals surface area contributed by atoms with Crippen molar-refractivity contribution in [3.63, 3.8) is 0 Å². The smallest absolute Gasteiger partial charge is 0.306 e. The van der Waals surface area contributed by atoms with E-state index < -0.39 is 6.10 Å². The number of ether oxygens (including phenoxy) is 3. The Morgan fingerprint density at radius 1 is 0.319 bits per heavy atom. The Kier molecular flexibility index (Phi) is 53.4. The molecule has 0 fully saturated rings. The normalized spacial score (nSPS) is 12.9. The van der Waals surface area contributed by atoms with Gasteiger partial charge in [-0.1, -0.05) is 226 Å². The van der Waals surface area contributed by atoms with Crippen LogP contribution in [0.3, 0.4) is 0 Å². The van der Waals surface area contributed by atoms with E-state index in [0.717, 1.165) is 135 Å². The first-order valence-electron chi connectivity index (χ1n) is 28.4. The van der Waals surface area contributed by atoms with Gasteiger partial charge in [0.25, 0.3) is 0 Å². The molecule has 1 unspecified atom stereocenters. The Balaban J connectivity index is 4.49. The second kappa shape index (κ2) is 56.7. The van der Waals surface area contributed by atoms with Gasteiger partial charge in [-0.15, -0.1) is 0 Å². The lowest BCUT2D eigenvalue weighted by Crippen LogP contribution is -2.30. The van der Waals surface area contributed by atoms with Gasteiger partial charge in [-0.3, -0.25) is 14.4 Å². The minimum Gasteiger partial charge on any atom is -0.462 e. The van der Waals surface area contributed by atoms with E-state index in [-0.39, 0.29) is 31.1 Å². The minimum atomic E-state index is -0.806. The van der Waals surface area contributed by atoms with Gasteiger partial charge >= 0.3 is 17.9 Å². The van der Waals surface area contributed by atoms with Crippen molar-refractivity contribution in [2.24, 2.45) is 0 Å². The second-order valence-electron chi connectivity index (χ2n) is 18.5. The van der Waals surface area contributed by atoms with Crippen molar-refractivity contribution < 1.29 is 28.6 Å². The summed E-state index contributed by atoms with van der Waals surface area (Å²) in [6.07, 6.45) is 76.5.